The lowest BCUT2D eigenvalue weighted by Gasteiger charge is -2.22. The van der Waals surface area contributed by atoms with Crippen molar-refractivity contribution in [3.05, 3.63) is 30.0 Å². The Bertz CT molecular complexity index is 714. The molecule has 2 unspecified atom stereocenters. The number of nitrogens with one attached hydrogen (secondary N) is 2. The normalized spacial score (nSPS) is 13.2. The topological polar surface area (TPSA) is 96.5 Å². The zero-order chi connectivity index (χ0) is 18.4. The number of aliphatic hydroxyl groups excluding tert-OH is 1. The summed E-state index contributed by atoms with van der Waals surface area (Å²) >= 11 is 0. The summed E-state index contributed by atoms with van der Waals surface area (Å²) in [5, 5.41) is 19.2. The number of carbonyl (C=O) groups excluding carboxylic acids is 1. The summed E-state index contributed by atoms with van der Waals surface area (Å²) in [6, 6.07) is 5.07. The number of hydrogen-bond donors (Lipinski definition) is 3. The van der Waals surface area contributed by atoms with Crippen LogP contribution in [0, 0.1) is 5.92 Å². The number of aliphatic hydroxyl groups is 1. The number of H-pyrrole nitrogens is 1. The highest BCUT2D eigenvalue weighted by Crippen LogP contribution is 2.32. The zero-order valence-corrected chi connectivity index (χ0v) is 15.0. The van der Waals surface area contributed by atoms with Crippen molar-refractivity contribution in [1.29, 1.82) is 0 Å². The lowest BCUT2D eigenvalue weighted by molar-refractivity contribution is 0.0892. The number of carbonyl (C=O) groups is 1. The molecule has 1 heterocycles. The van der Waals surface area contributed by atoms with Crippen molar-refractivity contribution in [2.24, 2.45) is 5.92 Å². The predicted octanol–water partition coefficient (Wildman–Crippen LogP) is 2.23. The Morgan fingerprint density at radius 2 is 2.04 bits per heavy atom. The number of aromatic nitrogens is 2. The third-order valence-electron chi connectivity index (χ3n) is 4.40. The minimum Gasteiger partial charge on any atom is -0.493 e. The van der Waals surface area contributed by atoms with Crippen LogP contribution in [0.4, 0.5) is 0 Å². The quantitative estimate of drug-likeness (QED) is 0.680. The fourth-order valence-electron chi connectivity index (χ4n) is 2.57. The second-order valence-electron chi connectivity index (χ2n) is 5.88. The first-order valence-electron chi connectivity index (χ1n) is 8.23. The van der Waals surface area contributed by atoms with Crippen molar-refractivity contribution in [3.8, 4) is 22.8 Å². The van der Waals surface area contributed by atoms with Crippen LogP contribution in [-0.4, -0.2) is 48.1 Å². The predicted molar refractivity (Wildman–Crippen MR) is 94.9 cm³/mol. The fraction of sp³-hybridized carbons (Fsp3) is 0.444. The average Bonchev–Trinajstić information content (AvgIpc) is 3.14. The van der Waals surface area contributed by atoms with Crippen molar-refractivity contribution in [2.45, 2.75) is 26.3 Å². The van der Waals surface area contributed by atoms with Crippen LogP contribution in [0.5, 0.6) is 11.5 Å². The number of amides is 1. The number of nitrogens with zero attached hydrogens (tertiary/aromatic N) is 1. The monoisotopic (exact) mass is 347 g/mol. The molecule has 0 fully saturated rings. The van der Waals surface area contributed by atoms with Gasteiger partial charge in [-0.25, -0.2) is 0 Å². The molecule has 2 atom stereocenters. The van der Waals surface area contributed by atoms with Crippen molar-refractivity contribution in [2.75, 3.05) is 20.8 Å². The number of hydrogen-bond acceptors (Lipinski definition) is 5. The van der Waals surface area contributed by atoms with Crippen molar-refractivity contribution < 1.29 is 19.4 Å². The van der Waals surface area contributed by atoms with Crippen LogP contribution < -0.4 is 14.8 Å². The van der Waals surface area contributed by atoms with Gasteiger partial charge in [-0.3, -0.25) is 9.89 Å². The summed E-state index contributed by atoms with van der Waals surface area (Å²) in [6.07, 6.45) is 2.34. The molecule has 0 spiro atoms. The maximum atomic E-state index is 12.6. The van der Waals surface area contributed by atoms with Gasteiger partial charge in [0.2, 0.25) is 0 Å². The molecule has 25 heavy (non-hydrogen) atoms. The second-order valence-corrected chi connectivity index (χ2v) is 5.88. The first kappa shape index (κ1) is 18.8. The van der Waals surface area contributed by atoms with Crippen LogP contribution in [0.3, 0.4) is 0 Å². The van der Waals surface area contributed by atoms with Crippen molar-refractivity contribution in [3.63, 3.8) is 0 Å². The molecule has 2 aromatic rings. The largest absolute Gasteiger partial charge is 0.493 e. The number of aromatic amines is 1. The maximum Gasteiger partial charge on any atom is 0.255 e. The van der Waals surface area contributed by atoms with Gasteiger partial charge in [0.1, 0.15) is 0 Å². The summed E-state index contributed by atoms with van der Waals surface area (Å²) in [6.45, 7) is 3.91. The molecule has 1 aromatic carbocycles. The molecule has 7 nitrogen and oxygen atoms in total. The van der Waals surface area contributed by atoms with Crippen LogP contribution >= 0.6 is 0 Å². The SMILES string of the molecule is CCC(C)C(CO)NC(=O)c1cn[nH]c1-c1ccc(OC)c(OC)c1. The Morgan fingerprint density at radius 1 is 1.32 bits per heavy atom. The van der Waals surface area contributed by atoms with Gasteiger partial charge in [0.25, 0.3) is 5.91 Å². The molecule has 0 bridgehead atoms. The van der Waals surface area contributed by atoms with Gasteiger partial charge >= 0.3 is 0 Å². The highest BCUT2D eigenvalue weighted by molar-refractivity contribution is 6.00. The van der Waals surface area contributed by atoms with E-state index in [-0.39, 0.29) is 24.5 Å². The number of benzene rings is 1. The Hall–Kier alpha value is -2.54. The Kier molecular flexibility index (Phi) is 6.41. The summed E-state index contributed by atoms with van der Waals surface area (Å²) in [7, 11) is 3.12. The third-order valence-corrected chi connectivity index (χ3v) is 4.40. The van der Waals surface area contributed by atoms with Gasteiger partial charge in [-0.1, -0.05) is 20.3 Å². The molecule has 3 N–H and O–H groups in total. The smallest absolute Gasteiger partial charge is 0.255 e. The summed E-state index contributed by atoms with van der Waals surface area (Å²) in [5.41, 5.74) is 1.75. The Balaban J connectivity index is 2.29. The van der Waals surface area contributed by atoms with E-state index in [1.54, 1.807) is 26.4 Å². The van der Waals surface area contributed by atoms with Gasteiger partial charge in [-0.15, -0.1) is 0 Å². The van der Waals surface area contributed by atoms with Crippen molar-refractivity contribution >= 4 is 5.91 Å². The third kappa shape index (κ3) is 4.11. The molecule has 0 saturated heterocycles. The fourth-order valence-corrected chi connectivity index (χ4v) is 2.57. The molecule has 0 aliphatic rings. The van der Waals surface area contributed by atoms with Crippen LogP contribution in [-0.2, 0) is 0 Å². The van der Waals surface area contributed by atoms with E-state index in [9.17, 15) is 9.90 Å². The van der Waals surface area contributed by atoms with Gasteiger partial charge in [-0.2, -0.15) is 5.10 Å². The van der Waals surface area contributed by atoms with Gasteiger partial charge in [0.05, 0.1) is 44.3 Å². The van der Waals surface area contributed by atoms with Crippen LogP contribution in [0.25, 0.3) is 11.3 Å². The molecule has 0 saturated carbocycles. The highest BCUT2D eigenvalue weighted by Gasteiger charge is 2.22. The number of ether oxygens (including phenoxy) is 2. The summed E-state index contributed by atoms with van der Waals surface area (Å²) < 4.78 is 10.5. The minimum atomic E-state index is -0.300. The highest BCUT2D eigenvalue weighted by atomic mass is 16.5. The Morgan fingerprint density at radius 3 is 2.64 bits per heavy atom. The maximum absolute atomic E-state index is 12.6. The standard InChI is InChI=1S/C18H25N3O4/c1-5-11(2)14(10-22)20-18(23)13-9-19-21-17(13)12-6-7-15(24-3)16(8-12)25-4/h6-9,11,14,22H,5,10H2,1-4H3,(H,19,21)(H,20,23). The second kappa shape index (κ2) is 8.53. The molecular weight excluding hydrogens is 322 g/mol. The number of rotatable bonds is 8. The Labute approximate surface area is 147 Å². The zero-order valence-electron chi connectivity index (χ0n) is 15.0. The van der Waals surface area contributed by atoms with E-state index in [0.29, 0.717) is 22.8 Å². The molecule has 136 valence electrons. The van der Waals surface area contributed by atoms with Crippen LogP contribution in [0.15, 0.2) is 24.4 Å². The molecule has 0 aliphatic carbocycles. The van der Waals surface area contributed by atoms with E-state index in [1.165, 1.54) is 6.20 Å². The van der Waals surface area contributed by atoms with E-state index in [2.05, 4.69) is 15.5 Å². The van der Waals surface area contributed by atoms with Gasteiger partial charge in [-0.05, 0) is 24.1 Å². The molecule has 7 heteroatoms. The van der Waals surface area contributed by atoms with Gasteiger partial charge in [0.15, 0.2) is 11.5 Å². The van der Waals surface area contributed by atoms with Crippen molar-refractivity contribution in [1.82, 2.24) is 15.5 Å². The van der Waals surface area contributed by atoms with E-state index in [1.807, 2.05) is 19.9 Å². The van der Waals surface area contributed by atoms with Gasteiger partial charge < -0.3 is 19.9 Å². The van der Waals surface area contributed by atoms with E-state index < -0.39 is 0 Å². The molecule has 2 rings (SSSR count). The molecular formula is C18H25N3O4. The first-order valence-corrected chi connectivity index (χ1v) is 8.23. The molecule has 0 aliphatic heterocycles. The van der Waals surface area contributed by atoms with E-state index >= 15 is 0 Å². The van der Waals surface area contributed by atoms with Crippen LogP contribution in [0.1, 0.15) is 30.6 Å². The number of methoxy groups -OCH3 is 2. The summed E-state index contributed by atoms with van der Waals surface area (Å²) in [4.78, 5) is 12.6. The van der Waals surface area contributed by atoms with E-state index in [4.69, 9.17) is 9.47 Å². The van der Waals surface area contributed by atoms with E-state index in [0.717, 1.165) is 12.0 Å². The summed E-state index contributed by atoms with van der Waals surface area (Å²) in [5.74, 6) is 1.06. The van der Waals surface area contributed by atoms with Gasteiger partial charge in [0, 0.05) is 5.56 Å². The molecule has 0 radical (unpaired) electrons. The average molecular weight is 347 g/mol. The molecule has 1 aromatic heterocycles. The minimum absolute atomic E-state index is 0.107. The van der Waals surface area contributed by atoms with Crippen LogP contribution in [0.2, 0.25) is 0 Å². The lowest BCUT2D eigenvalue weighted by Crippen LogP contribution is -2.41. The lowest BCUT2D eigenvalue weighted by atomic mass is 9.99. The first-order chi connectivity index (χ1) is 12.0. The molecule has 1 amide bonds.